The lowest BCUT2D eigenvalue weighted by Gasteiger charge is -2.38. The maximum absolute atomic E-state index is 14.4. The van der Waals surface area contributed by atoms with E-state index in [1.54, 1.807) is 37.3 Å². The largest absolute Gasteiger partial charge is 0.416 e. The first-order valence-corrected chi connectivity index (χ1v) is 15.5. The number of likely N-dealkylation sites (N-methyl/N-ethyl adjacent to an activating group) is 1. The van der Waals surface area contributed by atoms with Crippen LogP contribution in [0.3, 0.4) is 0 Å². The SMILES string of the molecule is CCN1C(=O)[C@@H](NC(=O)c2cccc(C(F)(F)F)c2)[C@@H](c2ccc(F)cc2)c2c(NC(=O)C3(C#N)CCOCC3)nn(-c3ccccc3)c21. The summed E-state index contributed by atoms with van der Waals surface area (Å²) in [6.45, 7) is 2.15. The number of alkyl halides is 3. The summed E-state index contributed by atoms with van der Waals surface area (Å²) in [7, 11) is 0. The van der Waals surface area contributed by atoms with E-state index in [1.807, 2.05) is 0 Å². The third kappa shape index (κ3) is 6.25. The topological polar surface area (TPSA) is 129 Å². The van der Waals surface area contributed by atoms with Crippen molar-refractivity contribution in [2.75, 3.05) is 30.0 Å². The number of carbonyl (C=O) groups is 3. The lowest BCUT2D eigenvalue weighted by molar-refractivity contribution is -0.137. The number of anilines is 2. The van der Waals surface area contributed by atoms with Crippen LogP contribution in [0.15, 0.2) is 78.9 Å². The molecule has 4 aromatic rings. The number of hydrogen-bond acceptors (Lipinski definition) is 6. The van der Waals surface area contributed by atoms with Gasteiger partial charge in [-0.3, -0.25) is 19.3 Å². The van der Waals surface area contributed by atoms with E-state index < -0.39 is 52.7 Å². The summed E-state index contributed by atoms with van der Waals surface area (Å²) in [5.74, 6) is -3.65. The van der Waals surface area contributed by atoms with Crippen LogP contribution in [0.4, 0.5) is 29.2 Å². The Hall–Kier alpha value is -5.55. The minimum absolute atomic E-state index is 0.0106. The third-order valence-electron chi connectivity index (χ3n) is 8.84. The first kappa shape index (κ1) is 33.4. The van der Waals surface area contributed by atoms with E-state index in [2.05, 4.69) is 16.7 Å². The zero-order valence-electron chi connectivity index (χ0n) is 26.1. The highest BCUT2D eigenvalue weighted by Crippen LogP contribution is 2.46. The second-order valence-corrected chi connectivity index (χ2v) is 11.7. The van der Waals surface area contributed by atoms with Gasteiger partial charge in [-0.1, -0.05) is 36.4 Å². The molecule has 252 valence electrons. The van der Waals surface area contributed by atoms with E-state index in [4.69, 9.17) is 9.84 Å². The van der Waals surface area contributed by atoms with Crippen LogP contribution < -0.4 is 15.5 Å². The minimum atomic E-state index is -4.72. The Morgan fingerprint density at radius 2 is 1.73 bits per heavy atom. The van der Waals surface area contributed by atoms with E-state index >= 15 is 0 Å². The van der Waals surface area contributed by atoms with Gasteiger partial charge in [0.05, 0.1) is 17.3 Å². The Morgan fingerprint density at radius 1 is 1.04 bits per heavy atom. The zero-order chi connectivity index (χ0) is 34.9. The first-order chi connectivity index (χ1) is 23.5. The van der Waals surface area contributed by atoms with E-state index in [-0.39, 0.29) is 55.4 Å². The monoisotopic (exact) mass is 674 g/mol. The number of benzene rings is 3. The van der Waals surface area contributed by atoms with Crippen molar-refractivity contribution in [3.8, 4) is 11.8 Å². The predicted molar refractivity (Wildman–Crippen MR) is 169 cm³/mol. The molecule has 0 saturated carbocycles. The van der Waals surface area contributed by atoms with Gasteiger partial charge in [0.2, 0.25) is 5.91 Å². The summed E-state index contributed by atoms with van der Waals surface area (Å²) < 4.78 is 61.6. The maximum atomic E-state index is 14.4. The molecule has 3 heterocycles. The highest BCUT2D eigenvalue weighted by Gasteiger charge is 2.48. The number of hydrogen-bond donors (Lipinski definition) is 2. The van der Waals surface area contributed by atoms with Crippen molar-refractivity contribution in [1.29, 1.82) is 5.26 Å². The van der Waals surface area contributed by atoms with Crippen molar-refractivity contribution >= 4 is 29.4 Å². The molecule has 0 radical (unpaired) electrons. The molecule has 2 aliphatic heterocycles. The van der Waals surface area contributed by atoms with Crippen LogP contribution in [-0.4, -0.2) is 53.3 Å². The molecule has 49 heavy (non-hydrogen) atoms. The molecule has 2 atom stereocenters. The molecule has 3 amide bonds. The average Bonchev–Trinajstić information content (AvgIpc) is 3.47. The molecule has 14 heteroatoms. The fraction of sp³-hybridized carbons (Fsp3) is 0.286. The highest BCUT2D eigenvalue weighted by atomic mass is 19.4. The Morgan fingerprint density at radius 3 is 2.37 bits per heavy atom. The van der Waals surface area contributed by atoms with Crippen LogP contribution in [0.2, 0.25) is 0 Å². The minimum Gasteiger partial charge on any atom is -0.381 e. The van der Waals surface area contributed by atoms with Gasteiger partial charge in [-0.2, -0.15) is 18.4 Å². The van der Waals surface area contributed by atoms with Crippen LogP contribution in [0.25, 0.3) is 5.69 Å². The summed E-state index contributed by atoms with van der Waals surface area (Å²) >= 11 is 0. The number of fused-ring (bicyclic) bond motifs is 1. The highest BCUT2D eigenvalue weighted by molar-refractivity contribution is 6.07. The number of ether oxygens (including phenoxy) is 1. The van der Waals surface area contributed by atoms with Crippen molar-refractivity contribution in [1.82, 2.24) is 15.1 Å². The number of nitriles is 1. The molecule has 1 aromatic heterocycles. The standard InChI is InChI=1S/C35H30F4N6O4/c1-2-44-31-27(29(43-45(31)25-9-4-3-5-10-25)42-33(48)34(20-40)15-17-49-18-16-34)26(21-11-13-24(36)14-12-21)28(32(44)47)41-30(46)22-7-6-8-23(19-22)35(37,38)39/h3-14,19,26,28H,2,15-18H2,1H3,(H,41,46)(H,42,43,48)/t26-,28-/m0/s1. The molecular formula is C35H30F4N6O4. The van der Waals surface area contributed by atoms with Crippen LogP contribution in [0, 0.1) is 22.6 Å². The molecule has 1 saturated heterocycles. The lowest BCUT2D eigenvalue weighted by atomic mass is 9.80. The average molecular weight is 675 g/mol. The fourth-order valence-corrected chi connectivity index (χ4v) is 6.27. The molecule has 0 bridgehead atoms. The normalized spacial score (nSPS) is 18.7. The van der Waals surface area contributed by atoms with Crippen LogP contribution >= 0.6 is 0 Å². The molecule has 10 nitrogen and oxygen atoms in total. The Kier molecular flexibility index (Phi) is 8.96. The molecule has 0 spiro atoms. The van der Waals surface area contributed by atoms with Gasteiger partial charge in [0.25, 0.3) is 11.8 Å². The Labute approximate surface area is 278 Å². The predicted octanol–water partition coefficient (Wildman–Crippen LogP) is 5.59. The first-order valence-electron chi connectivity index (χ1n) is 15.5. The molecular weight excluding hydrogens is 644 g/mol. The van der Waals surface area contributed by atoms with Crippen molar-refractivity contribution in [3.63, 3.8) is 0 Å². The van der Waals surface area contributed by atoms with Gasteiger partial charge in [0, 0.05) is 36.8 Å². The molecule has 3 aromatic carbocycles. The number of amides is 3. The lowest BCUT2D eigenvalue weighted by Crippen LogP contribution is -2.55. The van der Waals surface area contributed by atoms with Crippen LogP contribution in [0.5, 0.6) is 0 Å². The van der Waals surface area contributed by atoms with Crippen molar-refractivity contribution in [2.45, 2.75) is 37.9 Å². The number of carbonyl (C=O) groups excluding carboxylic acids is 3. The smallest absolute Gasteiger partial charge is 0.381 e. The van der Waals surface area contributed by atoms with Crippen LogP contribution in [0.1, 0.15) is 52.7 Å². The number of aromatic nitrogens is 2. The Bertz CT molecular complexity index is 1930. The van der Waals surface area contributed by atoms with Gasteiger partial charge in [-0.15, -0.1) is 5.10 Å². The number of para-hydroxylation sites is 1. The summed E-state index contributed by atoms with van der Waals surface area (Å²) in [4.78, 5) is 43.2. The van der Waals surface area contributed by atoms with Gasteiger partial charge in [-0.25, -0.2) is 9.07 Å². The number of rotatable bonds is 7. The summed E-state index contributed by atoms with van der Waals surface area (Å²) in [5, 5.41) is 20.3. The van der Waals surface area contributed by atoms with E-state index in [1.165, 1.54) is 39.9 Å². The Balaban J connectivity index is 1.54. The molecule has 0 aliphatic carbocycles. The molecule has 0 unspecified atom stereocenters. The summed E-state index contributed by atoms with van der Waals surface area (Å²) in [6.07, 6.45) is -4.45. The third-order valence-corrected chi connectivity index (χ3v) is 8.84. The van der Waals surface area contributed by atoms with Crippen molar-refractivity contribution < 1.29 is 36.7 Å². The quantitative estimate of drug-likeness (QED) is 0.246. The number of nitrogens with one attached hydrogen (secondary N) is 2. The van der Waals surface area contributed by atoms with E-state index in [0.717, 1.165) is 12.1 Å². The molecule has 1 fully saturated rings. The molecule has 2 aliphatic rings. The number of nitrogens with zero attached hydrogens (tertiary/aromatic N) is 4. The van der Waals surface area contributed by atoms with Gasteiger partial charge in [0.1, 0.15) is 23.1 Å². The van der Waals surface area contributed by atoms with E-state index in [9.17, 15) is 37.2 Å². The van der Waals surface area contributed by atoms with Gasteiger partial charge in [0.15, 0.2) is 5.82 Å². The zero-order valence-corrected chi connectivity index (χ0v) is 26.1. The maximum Gasteiger partial charge on any atom is 0.416 e. The van der Waals surface area contributed by atoms with Gasteiger partial charge >= 0.3 is 6.18 Å². The van der Waals surface area contributed by atoms with Crippen molar-refractivity contribution in [3.05, 3.63) is 107 Å². The summed E-state index contributed by atoms with van der Waals surface area (Å²) in [5.41, 5.74) is -1.66. The molecule has 6 rings (SSSR count). The molecule has 2 N–H and O–H groups in total. The van der Waals surface area contributed by atoms with Crippen molar-refractivity contribution in [2.24, 2.45) is 5.41 Å². The number of halogens is 4. The van der Waals surface area contributed by atoms with Gasteiger partial charge in [-0.05, 0) is 67.8 Å². The second-order valence-electron chi connectivity index (χ2n) is 11.7. The summed E-state index contributed by atoms with van der Waals surface area (Å²) in [6, 6.07) is 18.4. The van der Waals surface area contributed by atoms with Crippen LogP contribution in [-0.2, 0) is 20.5 Å². The fourth-order valence-electron chi connectivity index (χ4n) is 6.27. The second kappa shape index (κ2) is 13.2. The van der Waals surface area contributed by atoms with E-state index in [0.29, 0.717) is 17.3 Å². The van der Waals surface area contributed by atoms with Gasteiger partial charge < -0.3 is 15.4 Å².